The van der Waals surface area contributed by atoms with Crippen molar-refractivity contribution in [2.45, 2.75) is 26.1 Å². The Kier molecular flexibility index (Phi) is 5.08. The SMILES string of the molecule is CC(C)Nc1nc(Nc2ccc(Br)cc2F)cc(C(F)(F)F)n1. The molecule has 4 nitrogen and oxygen atoms in total. The highest BCUT2D eigenvalue weighted by atomic mass is 79.9. The molecule has 0 aliphatic heterocycles. The van der Waals surface area contributed by atoms with Gasteiger partial charge in [-0.05, 0) is 32.0 Å². The molecule has 0 amide bonds. The van der Waals surface area contributed by atoms with Crippen molar-refractivity contribution < 1.29 is 17.6 Å². The van der Waals surface area contributed by atoms with Gasteiger partial charge in [-0.25, -0.2) is 9.37 Å². The molecule has 9 heteroatoms. The molecule has 2 rings (SSSR count). The van der Waals surface area contributed by atoms with Crippen LogP contribution >= 0.6 is 15.9 Å². The smallest absolute Gasteiger partial charge is 0.352 e. The Morgan fingerprint density at radius 3 is 2.39 bits per heavy atom. The molecule has 0 saturated heterocycles. The van der Waals surface area contributed by atoms with E-state index in [1.54, 1.807) is 19.9 Å². The van der Waals surface area contributed by atoms with Crippen molar-refractivity contribution in [2.75, 3.05) is 10.6 Å². The van der Waals surface area contributed by atoms with Crippen LogP contribution in [0.2, 0.25) is 0 Å². The summed E-state index contributed by atoms with van der Waals surface area (Å²) in [5.74, 6) is -0.962. The fourth-order valence-corrected chi connectivity index (χ4v) is 2.04. The summed E-state index contributed by atoms with van der Waals surface area (Å²) in [6.45, 7) is 3.48. The fraction of sp³-hybridized carbons (Fsp3) is 0.286. The number of rotatable bonds is 4. The van der Waals surface area contributed by atoms with Crippen molar-refractivity contribution in [3.63, 3.8) is 0 Å². The van der Waals surface area contributed by atoms with Gasteiger partial charge in [-0.1, -0.05) is 15.9 Å². The van der Waals surface area contributed by atoms with E-state index in [4.69, 9.17) is 0 Å². The van der Waals surface area contributed by atoms with Gasteiger partial charge >= 0.3 is 6.18 Å². The number of nitrogens with zero attached hydrogens (tertiary/aromatic N) is 2. The molecule has 2 aromatic rings. The summed E-state index contributed by atoms with van der Waals surface area (Å²) in [7, 11) is 0. The van der Waals surface area contributed by atoms with Crippen molar-refractivity contribution in [1.82, 2.24) is 9.97 Å². The molecule has 124 valence electrons. The minimum atomic E-state index is -4.63. The summed E-state index contributed by atoms with van der Waals surface area (Å²) in [5, 5.41) is 5.24. The summed E-state index contributed by atoms with van der Waals surface area (Å²) in [4.78, 5) is 7.37. The van der Waals surface area contributed by atoms with E-state index in [0.717, 1.165) is 6.07 Å². The number of alkyl halides is 3. The third-order valence-corrected chi connectivity index (χ3v) is 3.12. The van der Waals surface area contributed by atoms with Crippen LogP contribution in [0.15, 0.2) is 28.7 Å². The van der Waals surface area contributed by atoms with Crippen LogP contribution in [-0.4, -0.2) is 16.0 Å². The van der Waals surface area contributed by atoms with E-state index in [1.165, 1.54) is 12.1 Å². The number of aromatic nitrogens is 2. The lowest BCUT2D eigenvalue weighted by molar-refractivity contribution is -0.141. The Morgan fingerprint density at radius 1 is 1.13 bits per heavy atom. The molecule has 0 saturated carbocycles. The number of nitrogens with one attached hydrogen (secondary N) is 2. The second-order valence-corrected chi connectivity index (χ2v) is 5.92. The Labute approximate surface area is 138 Å². The Balaban J connectivity index is 2.40. The highest BCUT2D eigenvalue weighted by Crippen LogP contribution is 2.31. The second kappa shape index (κ2) is 6.69. The fourth-order valence-electron chi connectivity index (χ4n) is 1.71. The Hall–Kier alpha value is -1.90. The molecule has 1 aromatic carbocycles. The molecule has 0 bridgehead atoms. The maximum absolute atomic E-state index is 13.8. The Morgan fingerprint density at radius 2 is 1.83 bits per heavy atom. The molecule has 0 radical (unpaired) electrons. The quantitative estimate of drug-likeness (QED) is 0.721. The van der Waals surface area contributed by atoms with E-state index < -0.39 is 17.7 Å². The summed E-state index contributed by atoms with van der Waals surface area (Å²) in [6.07, 6.45) is -4.63. The minimum absolute atomic E-state index is 0.00974. The van der Waals surface area contributed by atoms with E-state index in [0.29, 0.717) is 4.47 Å². The molecular weight excluding hydrogens is 380 g/mol. The second-order valence-electron chi connectivity index (χ2n) is 5.01. The zero-order valence-electron chi connectivity index (χ0n) is 12.2. The van der Waals surface area contributed by atoms with Crippen LogP contribution in [0.3, 0.4) is 0 Å². The molecule has 0 aliphatic rings. The summed E-state index contributed by atoms with van der Waals surface area (Å²) in [6, 6.07) is 4.72. The molecular formula is C14H13BrF4N4. The first-order chi connectivity index (χ1) is 10.6. The van der Waals surface area contributed by atoms with Crippen molar-refractivity contribution >= 4 is 33.4 Å². The zero-order chi connectivity index (χ0) is 17.2. The monoisotopic (exact) mass is 392 g/mol. The van der Waals surface area contributed by atoms with Crippen LogP contribution < -0.4 is 10.6 Å². The van der Waals surface area contributed by atoms with E-state index in [-0.39, 0.29) is 23.5 Å². The first-order valence-electron chi connectivity index (χ1n) is 6.60. The lowest BCUT2D eigenvalue weighted by Gasteiger charge is -2.14. The van der Waals surface area contributed by atoms with Crippen molar-refractivity contribution in [2.24, 2.45) is 0 Å². The molecule has 0 aliphatic carbocycles. The van der Waals surface area contributed by atoms with Gasteiger partial charge in [0.25, 0.3) is 0 Å². The average Bonchev–Trinajstić information content (AvgIpc) is 2.40. The highest BCUT2D eigenvalue weighted by molar-refractivity contribution is 9.10. The van der Waals surface area contributed by atoms with Gasteiger partial charge in [0.05, 0.1) is 5.69 Å². The van der Waals surface area contributed by atoms with Gasteiger partial charge in [0.2, 0.25) is 5.95 Å². The van der Waals surface area contributed by atoms with Crippen LogP contribution in [0.5, 0.6) is 0 Å². The standard InChI is InChI=1S/C14H13BrF4N4/c1-7(2)20-13-22-11(14(17,18)19)6-12(23-13)21-10-4-3-8(15)5-9(10)16/h3-7H,1-2H3,(H2,20,21,22,23). The van der Waals surface area contributed by atoms with E-state index in [1.807, 2.05) is 0 Å². The lowest BCUT2D eigenvalue weighted by Crippen LogP contribution is -2.17. The van der Waals surface area contributed by atoms with Crippen molar-refractivity contribution in [3.8, 4) is 0 Å². The molecule has 1 aromatic heterocycles. The normalized spacial score (nSPS) is 11.7. The number of benzene rings is 1. The molecule has 0 fully saturated rings. The third-order valence-electron chi connectivity index (χ3n) is 2.63. The first-order valence-corrected chi connectivity index (χ1v) is 7.39. The number of anilines is 3. The van der Waals surface area contributed by atoms with Gasteiger partial charge in [0.15, 0.2) is 5.69 Å². The molecule has 2 N–H and O–H groups in total. The summed E-state index contributed by atoms with van der Waals surface area (Å²) >= 11 is 3.11. The van der Waals surface area contributed by atoms with Crippen LogP contribution in [0.4, 0.5) is 35.0 Å². The van der Waals surface area contributed by atoms with Gasteiger partial charge in [-0.15, -0.1) is 0 Å². The van der Waals surface area contributed by atoms with Crippen LogP contribution in [-0.2, 0) is 6.18 Å². The van der Waals surface area contributed by atoms with E-state index in [9.17, 15) is 17.6 Å². The summed E-state index contributed by atoms with van der Waals surface area (Å²) < 4.78 is 53.1. The molecule has 0 unspecified atom stereocenters. The maximum Gasteiger partial charge on any atom is 0.433 e. The topological polar surface area (TPSA) is 49.8 Å². The molecule has 23 heavy (non-hydrogen) atoms. The van der Waals surface area contributed by atoms with Crippen LogP contribution in [0, 0.1) is 5.82 Å². The van der Waals surface area contributed by atoms with Gasteiger partial charge in [0.1, 0.15) is 11.6 Å². The van der Waals surface area contributed by atoms with Crippen LogP contribution in [0.1, 0.15) is 19.5 Å². The first kappa shape index (κ1) is 17.5. The molecule has 0 spiro atoms. The summed E-state index contributed by atoms with van der Waals surface area (Å²) in [5.41, 5.74) is -1.11. The zero-order valence-corrected chi connectivity index (χ0v) is 13.8. The largest absolute Gasteiger partial charge is 0.433 e. The number of hydrogen-bond acceptors (Lipinski definition) is 4. The van der Waals surface area contributed by atoms with Crippen LogP contribution in [0.25, 0.3) is 0 Å². The van der Waals surface area contributed by atoms with Crippen molar-refractivity contribution in [1.29, 1.82) is 0 Å². The van der Waals surface area contributed by atoms with E-state index >= 15 is 0 Å². The average molecular weight is 393 g/mol. The molecule has 0 atom stereocenters. The lowest BCUT2D eigenvalue weighted by atomic mass is 10.3. The van der Waals surface area contributed by atoms with Crippen molar-refractivity contribution in [3.05, 3.63) is 40.2 Å². The maximum atomic E-state index is 13.8. The predicted molar refractivity (Wildman–Crippen MR) is 83.2 cm³/mol. The minimum Gasteiger partial charge on any atom is -0.352 e. The van der Waals surface area contributed by atoms with Gasteiger partial charge in [0, 0.05) is 16.6 Å². The van der Waals surface area contributed by atoms with Gasteiger partial charge < -0.3 is 10.6 Å². The molecule has 1 heterocycles. The predicted octanol–water partition coefficient (Wildman–Crippen LogP) is 4.96. The Bertz CT molecular complexity index is 704. The highest BCUT2D eigenvalue weighted by Gasteiger charge is 2.34. The van der Waals surface area contributed by atoms with E-state index in [2.05, 4.69) is 36.5 Å². The number of hydrogen-bond donors (Lipinski definition) is 2. The van der Waals surface area contributed by atoms with Gasteiger partial charge in [-0.2, -0.15) is 18.2 Å². The number of halogens is 5. The van der Waals surface area contributed by atoms with Gasteiger partial charge in [-0.3, -0.25) is 0 Å². The third kappa shape index (κ3) is 4.78.